The van der Waals surface area contributed by atoms with Crippen molar-refractivity contribution in [3.05, 3.63) is 54.1 Å². The lowest BCUT2D eigenvalue weighted by molar-refractivity contribution is 0.102. The molecule has 2 aromatic carbocycles. The van der Waals surface area contributed by atoms with Gasteiger partial charge >= 0.3 is 0 Å². The second kappa shape index (κ2) is 8.80. The first-order valence-electron chi connectivity index (χ1n) is 7.63. The summed E-state index contributed by atoms with van der Waals surface area (Å²) in [5.74, 6) is 0.515. The van der Waals surface area contributed by atoms with E-state index in [1.807, 2.05) is 36.4 Å². The molecule has 2 rings (SSSR count). The van der Waals surface area contributed by atoms with Crippen LogP contribution in [0.5, 0.6) is 5.75 Å². The molecule has 23 heavy (non-hydrogen) atoms. The summed E-state index contributed by atoms with van der Waals surface area (Å²) in [5, 5.41) is 14.9. The van der Waals surface area contributed by atoms with Gasteiger partial charge in [0.15, 0.2) is 0 Å². The first-order valence-corrected chi connectivity index (χ1v) is 7.63. The van der Waals surface area contributed by atoms with Crippen LogP contribution in [0.15, 0.2) is 48.5 Å². The number of nitrogens with one attached hydrogen (secondary N) is 2. The van der Waals surface area contributed by atoms with Crippen LogP contribution in [0.4, 0.5) is 11.4 Å². The Morgan fingerprint density at radius 2 is 1.96 bits per heavy atom. The highest BCUT2D eigenvalue weighted by molar-refractivity contribution is 6.08. The van der Waals surface area contributed by atoms with Gasteiger partial charge in [0.2, 0.25) is 0 Å². The number of hydrogen-bond acceptors (Lipinski definition) is 4. The number of ether oxygens (including phenoxy) is 1. The SMILES string of the molecule is COc1cccc(NC(=O)c2ccccc2NCCCCO)c1. The molecule has 0 unspecified atom stereocenters. The van der Waals surface area contributed by atoms with E-state index in [1.54, 1.807) is 19.2 Å². The van der Waals surface area contributed by atoms with Gasteiger partial charge in [0, 0.05) is 30.6 Å². The van der Waals surface area contributed by atoms with Crippen molar-refractivity contribution < 1.29 is 14.6 Å². The van der Waals surface area contributed by atoms with Crippen LogP contribution in [0, 0.1) is 0 Å². The van der Waals surface area contributed by atoms with Crippen LogP contribution in [0.1, 0.15) is 23.2 Å². The minimum Gasteiger partial charge on any atom is -0.497 e. The lowest BCUT2D eigenvalue weighted by Crippen LogP contribution is -2.15. The molecular weight excluding hydrogens is 292 g/mol. The fourth-order valence-electron chi connectivity index (χ4n) is 2.19. The van der Waals surface area contributed by atoms with E-state index in [9.17, 15) is 4.79 Å². The topological polar surface area (TPSA) is 70.6 Å². The molecule has 5 nitrogen and oxygen atoms in total. The molecule has 0 saturated carbocycles. The van der Waals surface area contributed by atoms with Gasteiger partial charge in [-0.1, -0.05) is 18.2 Å². The van der Waals surface area contributed by atoms with Gasteiger partial charge in [-0.15, -0.1) is 0 Å². The standard InChI is InChI=1S/C18H22N2O3/c1-23-15-8-6-7-14(13-15)20-18(22)16-9-2-3-10-17(16)19-11-4-5-12-21/h2-3,6-10,13,19,21H,4-5,11-12H2,1H3,(H,20,22). The van der Waals surface area contributed by atoms with Crippen LogP contribution < -0.4 is 15.4 Å². The molecule has 0 saturated heterocycles. The molecule has 0 aromatic heterocycles. The predicted octanol–water partition coefficient (Wildman–Crippen LogP) is 3.13. The Labute approximate surface area is 136 Å². The number of hydrogen-bond donors (Lipinski definition) is 3. The zero-order valence-corrected chi connectivity index (χ0v) is 13.2. The van der Waals surface area contributed by atoms with E-state index in [0.29, 0.717) is 23.5 Å². The summed E-state index contributed by atoms with van der Waals surface area (Å²) in [7, 11) is 1.59. The lowest BCUT2D eigenvalue weighted by atomic mass is 10.1. The fraction of sp³-hybridized carbons (Fsp3) is 0.278. The predicted molar refractivity (Wildman–Crippen MR) is 92.2 cm³/mol. The second-order valence-electron chi connectivity index (χ2n) is 5.09. The molecule has 122 valence electrons. The lowest BCUT2D eigenvalue weighted by Gasteiger charge is -2.12. The number of rotatable bonds is 8. The quantitative estimate of drug-likeness (QED) is 0.655. The molecule has 1 amide bonds. The molecule has 0 aliphatic carbocycles. The number of carbonyl (C=O) groups excluding carboxylic acids is 1. The van der Waals surface area contributed by atoms with Crippen LogP contribution >= 0.6 is 0 Å². The highest BCUT2D eigenvalue weighted by atomic mass is 16.5. The van der Waals surface area contributed by atoms with E-state index in [-0.39, 0.29) is 12.5 Å². The molecule has 0 heterocycles. The maximum absolute atomic E-state index is 12.5. The van der Waals surface area contributed by atoms with E-state index >= 15 is 0 Å². The average Bonchev–Trinajstić information content (AvgIpc) is 2.59. The molecule has 0 radical (unpaired) electrons. The van der Waals surface area contributed by atoms with Crippen LogP contribution in [-0.4, -0.2) is 31.3 Å². The van der Waals surface area contributed by atoms with Crippen LogP contribution in [-0.2, 0) is 0 Å². The van der Waals surface area contributed by atoms with Gasteiger partial charge in [-0.05, 0) is 37.1 Å². The Bertz CT molecular complexity index is 644. The summed E-state index contributed by atoms with van der Waals surface area (Å²) < 4.78 is 5.16. The van der Waals surface area contributed by atoms with Gasteiger partial charge in [0.05, 0.1) is 12.7 Å². The monoisotopic (exact) mass is 314 g/mol. The molecule has 3 N–H and O–H groups in total. The van der Waals surface area contributed by atoms with Crippen molar-refractivity contribution in [2.24, 2.45) is 0 Å². The van der Waals surface area contributed by atoms with E-state index in [2.05, 4.69) is 10.6 Å². The third-order valence-electron chi connectivity index (χ3n) is 3.40. The Morgan fingerprint density at radius 1 is 1.13 bits per heavy atom. The number of benzene rings is 2. The Balaban J connectivity index is 2.06. The third-order valence-corrected chi connectivity index (χ3v) is 3.40. The number of aliphatic hydroxyl groups is 1. The second-order valence-corrected chi connectivity index (χ2v) is 5.09. The van der Waals surface area contributed by atoms with Gasteiger partial charge in [0.25, 0.3) is 5.91 Å². The van der Waals surface area contributed by atoms with Crippen LogP contribution in [0.25, 0.3) is 0 Å². The molecular formula is C18H22N2O3. The maximum Gasteiger partial charge on any atom is 0.257 e. The number of anilines is 2. The van der Waals surface area contributed by atoms with E-state index < -0.39 is 0 Å². The van der Waals surface area contributed by atoms with E-state index in [4.69, 9.17) is 9.84 Å². The number of carbonyl (C=O) groups is 1. The number of para-hydroxylation sites is 1. The number of methoxy groups -OCH3 is 1. The Morgan fingerprint density at radius 3 is 2.74 bits per heavy atom. The van der Waals surface area contributed by atoms with Crippen molar-refractivity contribution >= 4 is 17.3 Å². The van der Waals surface area contributed by atoms with Crippen LogP contribution in [0.3, 0.4) is 0 Å². The minimum atomic E-state index is -0.177. The molecule has 0 aliphatic heterocycles. The zero-order chi connectivity index (χ0) is 16.5. The molecule has 0 atom stereocenters. The largest absolute Gasteiger partial charge is 0.497 e. The summed E-state index contributed by atoms with van der Waals surface area (Å²) in [6.45, 7) is 0.893. The van der Waals surface area contributed by atoms with Crippen molar-refractivity contribution in [2.45, 2.75) is 12.8 Å². The van der Waals surface area contributed by atoms with Crippen molar-refractivity contribution in [1.29, 1.82) is 0 Å². The van der Waals surface area contributed by atoms with Crippen LogP contribution in [0.2, 0.25) is 0 Å². The normalized spacial score (nSPS) is 10.2. The average molecular weight is 314 g/mol. The van der Waals surface area contributed by atoms with Crippen molar-refractivity contribution in [3.63, 3.8) is 0 Å². The number of aliphatic hydroxyl groups excluding tert-OH is 1. The van der Waals surface area contributed by atoms with Crippen molar-refractivity contribution in [2.75, 3.05) is 30.9 Å². The summed E-state index contributed by atoms with van der Waals surface area (Å²) in [5.41, 5.74) is 2.05. The maximum atomic E-state index is 12.5. The molecule has 0 spiro atoms. The molecule has 0 fully saturated rings. The summed E-state index contributed by atoms with van der Waals surface area (Å²) in [6, 6.07) is 14.6. The van der Waals surface area contributed by atoms with Crippen molar-refractivity contribution in [1.82, 2.24) is 0 Å². The van der Waals surface area contributed by atoms with E-state index in [1.165, 1.54) is 0 Å². The van der Waals surface area contributed by atoms with Gasteiger partial charge in [-0.3, -0.25) is 4.79 Å². The van der Waals surface area contributed by atoms with Gasteiger partial charge < -0.3 is 20.5 Å². The highest BCUT2D eigenvalue weighted by Gasteiger charge is 2.11. The molecule has 0 aliphatic rings. The summed E-state index contributed by atoms with van der Waals surface area (Å²) >= 11 is 0. The zero-order valence-electron chi connectivity index (χ0n) is 13.2. The molecule has 0 bridgehead atoms. The summed E-state index contributed by atoms with van der Waals surface area (Å²) in [6.07, 6.45) is 1.59. The highest BCUT2D eigenvalue weighted by Crippen LogP contribution is 2.20. The fourth-order valence-corrected chi connectivity index (χ4v) is 2.19. The minimum absolute atomic E-state index is 0.177. The van der Waals surface area contributed by atoms with Gasteiger partial charge in [0.1, 0.15) is 5.75 Å². The number of unbranched alkanes of at least 4 members (excludes halogenated alkanes) is 1. The first kappa shape index (κ1) is 16.8. The van der Waals surface area contributed by atoms with Gasteiger partial charge in [-0.2, -0.15) is 0 Å². The Kier molecular flexibility index (Phi) is 6.44. The number of amides is 1. The molecule has 2 aromatic rings. The van der Waals surface area contributed by atoms with Gasteiger partial charge in [-0.25, -0.2) is 0 Å². The summed E-state index contributed by atoms with van der Waals surface area (Å²) in [4.78, 5) is 12.5. The Hall–Kier alpha value is -2.53. The first-order chi connectivity index (χ1) is 11.2. The smallest absolute Gasteiger partial charge is 0.257 e. The van der Waals surface area contributed by atoms with E-state index in [0.717, 1.165) is 18.5 Å². The van der Waals surface area contributed by atoms with Crippen molar-refractivity contribution in [3.8, 4) is 5.75 Å². The molecule has 5 heteroatoms. The third kappa shape index (κ3) is 5.00.